The number of aliphatic hydroxyl groups excluding tert-OH is 1. The van der Waals surface area contributed by atoms with Crippen molar-refractivity contribution in [1.82, 2.24) is 0 Å². The third-order valence-corrected chi connectivity index (χ3v) is 4.44. The van der Waals surface area contributed by atoms with E-state index in [9.17, 15) is 5.11 Å². The number of fused-ring (bicyclic) bond motifs is 1. The number of halogens is 2. The van der Waals surface area contributed by atoms with Gasteiger partial charge in [0.1, 0.15) is 19.3 Å². The zero-order valence-corrected chi connectivity index (χ0v) is 13.7. The lowest BCUT2D eigenvalue weighted by Gasteiger charge is -2.22. The smallest absolute Gasteiger partial charge is 0.175 e. The Kier molecular flexibility index (Phi) is 4.11. The van der Waals surface area contributed by atoms with Crippen molar-refractivity contribution in [2.24, 2.45) is 0 Å². The molecule has 5 heteroatoms. The van der Waals surface area contributed by atoms with Crippen LogP contribution in [0.3, 0.4) is 0 Å². The maximum absolute atomic E-state index is 10.6. The molecule has 1 heterocycles. The van der Waals surface area contributed by atoms with Gasteiger partial charge >= 0.3 is 0 Å². The summed E-state index contributed by atoms with van der Waals surface area (Å²) in [6.45, 7) is 2.97. The van der Waals surface area contributed by atoms with Gasteiger partial charge in [0.05, 0.1) is 4.47 Å². The van der Waals surface area contributed by atoms with Gasteiger partial charge in [-0.05, 0) is 57.7 Å². The molecule has 21 heavy (non-hydrogen) atoms. The van der Waals surface area contributed by atoms with Gasteiger partial charge in [0.15, 0.2) is 11.5 Å². The van der Waals surface area contributed by atoms with Crippen LogP contribution in [0.5, 0.6) is 11.5 Å². The molecule has 0 aromatic heterocycles. The van der Waals surface area contributed by atoms with E-state index in [0.717, 1.165) is 21.2 Å². The summed E-state index contributed by atoms with van der Waals surface area (Å²) >= 11 is 9.58. The van der Waals surface area contributed by atoms with Crippen molar-refractivity contribution in [2.75, 3.05) is 13.2 Å². The van der Waals surface area contributed by atoms with Crippen molar-refractivity contribution in [3.8, 4) is 11.5 Å². The quantitative estimate of drug-likeness (QED) is 0.859. The van der Waals surface area contributed by atoms with Crippen molar-refractivity contribution in [3.05, 3.63) is 56.5 Å². The second-order valence-corrected chi connectivity index (χ2v) is 6.20. The van der Waals surface area contributed by atoms with E-state index >= 15 is 0 Å². The lowest BCUT2D eigenvalue weighted by atomic mass is 10.00. The summed E-state index contributed by atoms with van der Waals surface area (Å²) in [7, 11) is 0. The Morgan fingerprint density at radius 2 is 1.90 bits per heavy atom. The van der Waals surface area contributed by atoms with Crippen LogP contribution in [0.25, 0.3) is 0 Å². The Balaban J connectivity index is 1.99. The minimum atomic E-state index is -0.768. The van der Waals surface area contributed by atoms with Crippen molar-refractivity contribution < 1.29 is 14.6 Å². The number of aliphatic hydroxyl groups is 1. The Bertz CT molecular complexity index is 687. The van der Waals surface area contributed by atoms with Crippen LogP contribution in [0.1, 0.15) is 22.8 Å². The number of aryl methyl sites for hydroxylation is 1. The van der Waals surface area contributed by atoms with Crippen molar-refractivity contribution in [1.29, 1.82) is 0 Å². The van der Waals surface area contributed by atoms with E-state index in [1.807, 2.05) is 25.1 Å². The zero-order chi connectivity index (χ0) is 15.0. The number of hydrogen-bond acceptors (Lipinski definition) is 3. The highest BCUT2D eigenvalue weighted by Crippen LogP contribution is 2.41. The molecular weight excluding hydrogens is 356 g/mol. The fraction of sp³-hybridized carbons (Fsp3) is 0.250. The zero-order valence-electron chi connectivity index (χ0n) is 11.4. The molecule has 0 fully saturated rings. The summed E-state index contributed by atoms with van der Waals surface area (Å²) < 4.78 is 11.9. The second kappa shape index (κ2) is 5.87. The van der Waals surface area contributed by atoms with Gasteiger partial charge in [-0.1, -0.05) is 23.7 Å². The van der Waals surface area contributed by atoms with Crippen LogP contribution in [0.15, 0.2) is 34.8 Å². The van der Waals surface area contributed by atoms with Crippen LogP contribution in [0, 0.1) is 6.92 Å². The molecule has 1 unspecified atom stereocenters. The summed E-state index contributed by atoms with van der Waals surface area (Å²) in [5, 5.41) is 11.2. The van der Waals surface area contributed by atoms with Crippen LogP contribution >= 0.6 is 27.5 Å². The van der Waals surface area contributed by atoms with Gasteiger partial charge in [-0.3, -0.25) is 0 Å². The summed E-state index contributed by atoms with van der Waals surface area (Å²) in [5.41, 5.74) is 2.45. The predicted molar refractivity (Wildman–Crippen MR) is 85.4 cm³/mol. The molecule has 3 rings (SSSR count). The van der Waals surface area contributed by atoms with Gasteiger partial charge in [-0.2, -0.15) is 0 Å². The van der Waals surface area contributed by atoms with E-state index < -0.39 is 6.10 Å². The maximum Gasteiger partial charge on any atom is 0.175 e. The average molecular weight is 370 g/mol. The van der Waals surface area contributed by atoms with Gasteiger partial charge in [0.2, 0.25) is 0 Å². The number of hydrogen-bond donors (Lipinski definition) is 1. The van der Waals surface area contributed by atoms with E-state index in [4.69, 9.17) is 21.1 Å². The van der Waals surface area contributed by atoms with Crippen LogP contribution in [0.2, 0.25) is 5.02 Å². The fourth-order valence-corrected chi connectivity index (χ4v) is 3.02. The topological polar surface area (TPSA) is 38.7 Å². The molecule has 0 aliphatic carbocycles. The largest absolute Gasteiger partial charge is 0.486 e. The van der Waals surface area contributed by atoms with E-state index in [1.54, 1.807) is 12.1 Å². The highest BCUT2D eigenvalue weighted by Gasteiger charge is 2.20. The molecule has 110 valence electrons. The molecule has 1 N–H and O–H groups in total. The minimum absolute atomic E-state index is 0.509. The van der Waals surface area contributed by atoms with E-state index in [0.29, 0.717) is 29.7 Å². The first kappa shape index (κ1) is 14.7. The Morgan fingerprint density at radius 3 is 2.67 bits per heavy atom. The highest BCUT2D eigenvalue weighted by atomic mass is 79.9. The molecule has 0 radical (unpaired) electrons. The molecule has 2 aromatic rings. The number of rotatable bonds is 2. The van der Waals surface area contributed by atoms with Gasteiger partial charge in [0.25, 0.3) is 0 Å². The van der Waals surface area contributed by atoms with Crippen molar-refractivity contribution in [3.63, 3.8) is 0 Å². The fourth-order valence-electron chi connectivity index (χ4n) is 2.26. The molecule has 2 aromatic carbocycles. The summed E-state index contributed by atoms with van der Waals surface area (Å²) in [6, 6.07) is 9.19. The number of benzene rings is 2. The van der Waals surface area contributed by atoms with Crippen LogP contribution in [-0.4, -0.2) is 18.3 Å². The molecule has 0 saturated heterocycles. The normalized spacial score (nSPS) is 14.9. The molecular formula is C16H14BrClO3. The standard InChI is InChI=1S/C16H14BrClO3/c1-9-2-3-10(7-13(9)18)15(19)11-6-12(17)16-14(8-11)20-4-5-21-16/h2-3,6-8,15,19H,4-5H2,1H3. The molecule has 0 saturated carbocycles. The third-order valence-electron chi connectivity index (χ3n) is 3.45. The Morgan fingerprint density at radius 1 is 1.14 bits per heavy atom. The van der Waals surface area contributed by atoms with Gasteiger partial charge < -0.3 is 14.6 Å². The Labute approximate surface area is 136 Å². The van der Waals surface area contributed by atoms with E-state index in [1.165, 1.54) is 0 Å². The molecule has 0 amide bonds. The Hall–Kier alpha value is -1.23. The lowest BCUT2D eigenvalue weighted by molar-refractivity contribution is 0.168. The highest BCUT2D eigenvalue weighted by molar-refractivity contribution is 9.10. The molecule has 0 spiro atoms. The molecule has 1 aliphatic heterocycles. The molecule has 3 nitrogen and oxygen atoms in total. The van der Waals surface area contributed by atoms with Crippen molar-refractivity contribution in [2.45, 2.75) is 13.0 Å². The molecule has 0 bridgehead atoms. The lowest BCUT2D eigenvalue weighted by Crippen LogP contribution is -2.16. The van der Waals surface area contributed by atoms with E-state index in [2.05, 4.69) is 15.9 Å². The van der Waals surface area contributed by atoms with Gasteiger partial charge in [-0.25, -0.2) is 0 Å². The van der Waals surface area contributed by atoms with Crippen LogP contribution in [-0.2, 0) is 0 Å². The summed E-state index contributed by atoms with van der Waals surface area (Å²) in [5.74, 6) is 1.32. The molecule has 1 atom stereocenters. The maximum atomic E-state index is 10.6. The van der Waals surface area contributed by atoms with Crippen LogP contribution in [0.4, 0.5) is 0 Å². The first-order chi connectivity index (χ1) is 10.1. The second-order valence-electron chi connectivity index (χ2n) is 4.94. The van der Waals surface area contributed by atoms with Crippen molar-refractivity contribution >= 4 is 27.5 Å². The minimum Gasteiger partial charge on any atom is -0.486 e. The first-order valence-corrected chi connectivity index (χ1v) is 7.76. The summed E-state index contributed by atoms with van der Waals surface area (Å²) in [6.07, 6.45) is -0.768. The summed E-state index contributed by atoms with van der Waals surface area (Å²) in [4.78, 5) is 0. The van der Waals surface area contributed by atoms with E-state index in [-0.39, 0.29) is 0 Å². The van der Waals surface area contributed by atoms with Gasteiger partial charge in [-0.15, -0.1) is 0 Å². The first-order valence-electron chi connectivity index (χ1n) is 6.59. The average Bonchev–Trinajstić information content (AvgIpc) is 2.49. The third kappa shape index (κ3) is 2.89. The van der Waals surface area contributed by atoms with Crippen LogP contribution < -0.4 is 9.47 Å². The van der Waals surface area contributed by atoms with Gasteiger partial charge in [0, 0.05) is 5.02 Å². The SMILES string of the molecule is Cc1ccc(C(O)c2cc(Br)c3c(c2)OCCO3)cc1Cl. The number of ether oxygens (including phenoxy) is 2. The molecule has 1 aliphatic rings. The predicted octanol–water partition coefficient (Wildman–Crippen LogP) is 4.26. The monoisotopic (exact) mass is 368 g/mol.